The summed E-state index contributed by atoms with van der Waals surface area (Å²) in [6.07, 6.45) is -4.08. The van der Waals surface area contributed by atoms with Gasteiger partial charge in [-0.1, -0.05) is 36.4 Å². The minimum absolute atomic E-state index is 0.249. The summed E-state index contributed by atoms with van der Waals surface area (Å²) in [5, 5.41) is 3.83. The van der Waals surface area contributed by atoms with Crippen LogP contribution in [0.15, 0.2) is 60.7 Å². The molecule has 0 saturated carbocycles. The van der Waals surface area contributed by atoms with Crippen molar-refractivity contribution in [2.75, 3.05) is 13.7 Å². The molecule has 33 heavy (non-hydrogen) atoms. The zero-order chi connectivity index (χ0) is 23.6. The van der Waals surface area contributed by atoms with Crippen LogP contribution in [-0.2, 0) is 22.3 Å². The molecule has 1 N–H and O–H groups in total. The van der Waals surface area contributed by atoms with E-state index in [2.05, 4.69) is 10.3 Å². The first-order chi connectivity index (χ1) is 15.7. The van der Waals surface area contributed by atoms with Crippen LogP contribution in [0.1, 0.15) is 28.0 Å². The van der Waals surface area contributed by atoms with Gasteiger partial charge in [0.05, 0.1) is 18.2 Å². The number of pyridine rings is 1. The molecule has 3 aromatic rings. The van der Waals surface area contributed by atoms with Crippen molar-refractivity contribution in [2.45, 2.75) is 31.2 Å². The summed E-state index contributed by atoms with van der Waals surface area (Å²) in [6, 6.07) is 14.8. The van der Waals surface area contributed by atoms with Crippen molar-refractivity contribution in [1.29, 1.82) is 0 Å². The van der Waals surface area contributed by atoms with E-state index in [4.69, 9.17) is 4.74 Å². The average molecular weight is 457 g/mol. The molecule has 1 aliphatic heterocycles. The molecule has 0 unspecified atom stereocenters. The summed E-state index contributed by atoms with van der Waals surface area (Å²) >= 11 is 0. The molecule has 1 amide bonds. The third-order valence-electron chi connectivity index (χ3n) is 5.71. The van der Waals surface area contributed by atoms with Gasteiger partial charge in [0, 0.05) is 24.5 Å². The molecule has 4 rings (SSSR count). The van der Waals surface area contributed by atoms with E-state index in [-0.39, 0.29) is 24.2 Å². The van der Waals surface area contributed by atoms with E-state index in [0.29, 0.717) is 24.0 Å². The summed E-state index contributed by atoms with van der Waals surface area (Å²) in [5.41, 5.74) is 0.864. The standard InChI is InChI=1S/C24H22F3N3O3/c1-33-23(32)21-12-18(14-30(21)13-15-6-9-17(10-7-15)24(25,26)27)28-22(31)20-11-8-16-4-2-3-5-19(16)29-20/h2-11,18,21H,12-14H2,1H3,(H,28,31)/t18-,21+/m1/s1. The minimum atomic E-state index is -4.41. The molecule has 1 aromatic heterocycles. The zero-order valence-corrected chi connectivity index (χ0v) is 17.8. The second-order valence-corrected chi connectivity index (χ2v) is 7.96. The number of carbonyl (C=O) groups is 2. The van der Waals surface area contributed by atoms with Crippen molar-refractivity contribution in [1.82, 2.24) is 15.2 Å². The largest absolute Gasteiger partial charge is 0.468 e. The number of para-hydroxylation sites is 1. The van der Waals surface area contributed by atoms with Gasteiger partial charge in [-0.05, 0) is 36.2 Å². The summed E-state index contributed by atoms with van der Waals surface area (Å²) in [5.74, 6) is -0.812. The van der Waals surface area contributed by atoms with Crippen molar-refractivity contribution in [3.8, 4) is 0 Å². The van der Waals surface area contributed by atoms with Crippen LogP contribution in [0.3, 0.4) is 0 Å². The number of alkyl halides is 3. The number of nitrogens with zero attached hydrogens (tertiary/aromatic N) is 2. The molecule has 1 fully saturated rings. The molecule has 0 radical (unpaired) electrons. The van der Waals surface area contributed by atoms with Gasteiger partial charge in [0.25, 0.3) is 5.91 Å². The lowest BCUT2D eigenvalue weighted by atomic mass is 10.1. The topological polar surface area (TPSA) is 71.5 Å². The number of hydrogen-bond acceptors (Lipinski definition) is 5. The van der Waals surface area contributed by atoms with Crippen LogP contribution >= 0.6 is 0 Å². The van der Waals surface area contributed by atoms with E-state index in [1.807, 2.05) is 30.3 Å². The molecule has 2 heterocycles. The number of aromatic nitrogens is 1. The first-order valence-electron chi connectivity index (χ1n) is 10.4. The Kier molecular flexibility index (Phi) is 6.33. The van der Waals surface area contributed by atoms with Crippen molar-refractivity contribution < 1.29 is 27.5 Å². The smallest absolute Gasteiger partial charge is 0.416 e. The van der Waals surface area contributed by atoms with E-state index < -0.39 is 23.8 Å². The van der Waals surface area contributed by atoms with Crippen LogP contribution in [0.25, 0.3) is 10.9 Å². The van der Waals surface area contributed by atoms with E-state index in [9.17, 15) is 22.8 Å². The second-order valence-electron chi connectivity index (χ2n) is 7.96. The van der Waals surface area contributed by atoms with Gasteiger partial charge < -0.3 is 10.1 Å². The molecule has 1 saturated heterocycles. The molecule has 2 aromatic carbocycles. The predicted molar refractivity (Wildman–Crippen MR) is 115 cm³/mol. The number of likely N-dealkylation sites (tertiary alicyclic amines) is 1. The Hall–Kier alpha value is -3.46. The first kappa shape index (κ1) is 22.7. The van der Waals surface area contributed by atoms with Crippen LogP contribution in [0.5, 0.6) is 0 Å². The van der Waals surface area contributed by atoms with E-state index >= 15 is 0 Å². The Morgan fingerprint density at radius 1 is 1.09 bits per heavy atom. The van der Waals surface area contributed by atoms with Crippen LogP contribution in [0.2, 0.25) is 0 Å². The Morgan fingerprint density at radius 2 is 1.82 bits per heavy atom. The van der Waals surface area contributed by atoms with Gasteiger partial charge in [0.2, 0.25) is 0 Å². The van der Waals surface area contributed by atoms with Gasteiger partial charge in [-0.15, -0.1) is 0 Å². The molecule has 0 bridgehead atoms. The van der Waals surface area contributed by atoms with Crippen molar-refractivity contribution in [3.05, 3.63) is 77.5 Å². The maximum atomic E-state index is 12.8. The fraction of sp³-hybridized carbons (Fsp3) is 0.292. The molecule has 0 spiro atoms. The van der Waals surface area contributed by atoms with Gasteiger partial charge in [-0.2, -0.15) is 13.2 Å². The quantitative estimate of drug-likeness (QED) is 0.591. The molecular weight excluding hydrogens is 435 g/mol. The summed E-state index contributed by atoms with van der Waals surface area (Å²) in [7, 11) is 1.28. The number of halogens is 3. The third-order valence-corrected chi connectivity index (χ3v) is 5.71. The lowest BCUT2D eigenvalue weighted by Crippen LogP contribution is -2.38. The molecule has 172 valence electrons. The Morgan fingerprint density at radius 3 is 2.52 bits per heavy atom. The number of amides is 1. The highest BCUT2D eigenvalue weighted by Crippen LogP contribution is 2.30. The number of methoxy groups -OCH3 is 1. The first-order valence-corrected chi connectivity index (χ1v) is 10.4. The number of carbonyl (C=O) groups excluding carboxylic acids is 2. The fourth-order valence-corrected chi connectivity index (χ4v) is 4.05. The maximum absolute atomic E-state index is 12.8. The van der Waals surface area contributed by atoms with Gasteiger partial charge in [0.1, 0.15) is 11.7 Å². The zero-order valence-electron chi connectivity index (χ0n) is 17.8. The van der Waals surface area contributed by atoms with Gasteiger partial charge in [-0.3, -0.25) is 14.5 Å². The van der Waals surface area contributed by atoms with E-state index in [1.165, 1.54) is 19.2 Å². The molecule has 0 aliphatic carbocycles. The third kappa shape index (κ3) is 5.14. The highest BCUT2D eigenvalue weighted by atomic mass is 19.4. The number of ether oxygens (including phenoxy) is 1. The number of rotatable bonds is 5. The Balaban J connectivity index is 1.46. The van der Waals surface area contributed by atoms with Crippen LogP contribution < -0.4 is 5.32 Å². The Labute approximate surface area is 188 Å². The number of benzene rings is 2. The van der Waals surface area contributed by atoms with Gasteiger partial charge in [0.15, 0.2) is 0 Å². The summed E-state index contributed by atoms with van der Waals surface area (Å²) in [6.45, 7) is 0.596. The SMILES string of the molecule is COC(=O)[C@@H]1C[C@@H](NC(=O)c2ccc3ccccc3n2)CN1Cc1ccc(C(F)(F)F)cc1. The van der Waals surface area contributed by atoms with Crippen molar-refractivity contribution in [2.24, 2.45) is 0 Å². The minimum Gasteiger partial charge on any atom is -0.468 e. The van der Waals surface area contributed by atoms with Gasteiger partial charge >= 0.3 is 12.1 Å². The average Bonchev–Trinajstić information content (AvgIpc) is 3.19. The highest BCUT2D eigenvalue weighted by molar-refractivity contribution is 5.95. The van der Waals surface area contributed by atoms with Crippen molar-refractivity contribution in [3.63, 3.8) is 0 Å². The van der Waals surface area contributed by atoms with Crippen molar-refractivity contribution >= 4 is 22.8 Å². The normalized spacial score (nSPS) is 18.9. The van der Waals surface area contributed by atoms with Gasteiger partial charge in [-0.25, -0.2) is 4.98 Å². The number of esters is 1. The molecule has 9 heteroatoms. The monoisotopic (exact) mass is 457 g/mol. The fourth-order valence-electron chi connectivity index (χ4n) is 4.05. The second kappa shape index (κ2) is 9.19. The van der Waals surface area contributed by atoms with Crippen LogP contribution in [0, 0.1) is 0 Å². The summed E-state index contributed by atoms with van der Waals surface area (Å²) < 4.78 is 43.4. The molecule has 1 aliphatic rings. The van der Waals surface area contributed by atoms with Crippen LogP contribution in [0.4, 0.5) is 13.2 Å². The highest BCUT2D eigenvalue weighted by Gasteiger charge is 2.38. The lowest BCUT2D eigenvalue weighted by Gasteiger charge is -2.22. The Bertz CT molecular complexity index is 1160. The predicted octanol–water partition coefficient (Wildman–Crippen LogP) is 3.80. The van der Waals surface area contributed by atoms with Crippen LogP contribution in [-0.4, -0.2) is 47.5 Å². The lowest BCUT2D eigenvalue weighted by molar-refractivity contribution is -0.146. The summed E-state index contributed by atoms with van der Waals surface area (Å²) in [4.78, 5) is 31.3. The number of hydrogen-bond donors (Lipinski definition) is 1. The molecule has 6 nitrogen and oxygen atoms in total. The van der Waals surface area contributed by atoms with E-state index in [0.717, 1.165) is 17.5 Å². The molecule has 2 atom stereocenters. The maximum Gasteiger partial charge on any atom is 0.416 e. The van der Waals surface area contributed by atoms with E-state index in [1.54, 1.807) is 11.0 Å². The molecular formula is C24H22F3N3O3. The number of nitrogens with one attached hydrogen (secondary N) is 1. The number of fused-ring (bicyclic) bond motifs is 1.